The molecule has 0 bridgehead atoms. The highest BCUT2D eigenvalue weighted by atomic mass is 79.9. The van der Waals surface area contributed by atoms with Crippen molar-refractivity contribution in [1.29, 1.82) is 0 Å². The fraction of sp³-hybridized carbons (Fsp3) is 0.286. The second-order valence-corrected chi connectivity index (χ2v) is 7.39. The Kier molecular flexibility index (Phi) is 6.53. The molecule has 1 heterocycles. The summed E-state index contributed by atoms with van der Waals surface area (Å²) in [7, 11) is 3.80. The number of piperazine rings is 1. The summed E-state index contributed by atoms with van der Waals surface area (Å²) in [5.74, 6) is 0.629. The summed E-state index contributed by atoms with van der Waals surface area (Å²) < 4.78 is 6.00. The van der Waals surface area contributed by atoms with Crippen LogP contribution in [0.3, 0.4) is 0 Å². The van der Waals surface area contributed by atoms with E-state index in [4.69, 9.17) is 4.74 Å². The third-order valence-corrected chi connectivity index (χ3v) is 5.18. The van der Waals surface area contributed by atoms with E-state index in [0.717, 1.165) is 48.9 Å². The smallest absolute Gasteiger partial charge is 0.262 e. The summed E-state index contributed by atoms with van der Waals surface area (Å²) in [5.41, 5.74) is 2.71. The molecule has 1 aliphatic rings. The fourth-order valence-electron chi connectivity index (χ4n) is 3.01. The van der Waals surface area contributed by atoms with Gasteiger partial charge in [0.2, 0.25) is 0 Å². The van der Waals surface area contributed by atoms with E-state index in [2.05, 4.69) is 38.1 Å². The number of hydrogen-bond donors (Lipinski definition) is 1. The number of carbonyl (C=O) groups is 1. The lowest BCUT2D eigenvalue weighted by atomic mass is 10.2. The van der Waals surface area contributed by atoms with Gasteiger partial charge >= 0.3 is 0 Å². The molecular weight excluding hydrogens is 406 g/mol. The van der Waals surface area contributed by atoms with Gasteiger partial charge in [0.25, 0.3) is 5.91 Å². The Labute approximate surface area is 168 Å². The van der Waals surface area contributed by atoms with E-state index in [1.54, 1.807) is 13.2 Å². The number of anilines is 2. The van der Waals surface area contributed by atoms with Crippen LogP contribution >= 0.6 is 15.9 Å². The molecule has 1 fully saturated rings. The summed E-state index contributed by atoms with van der Waals surface area (Å²) in [5, 5.41) is 2.95. The third-order valence-electron chi connectivity index (χ3n) is 4.59. The number of benzene rings is 2. The molecule has 2 aromatic carbocycles. The number of likely N-dealkylation sites (N-methyl/N-ethyl adjacent to an activating group) is 1. The van der Waals surface area contributed by atoms with Gasteiger partial charge in [-0.3, -0.25) is 4.79 Å². The molecule has 5 nitrogen and oxygen atoms in total. The zero-order chi connectivity index (χ0) is 19.2. The quantitative estimate of drug-likeness (QED) is 0.733. The average molecular weight is 430 g/mol. The predicted molar refractivity (Wildman–Crippen MR) is 115 cm³/mol. The van der Waals surface area contributed by atoms with E-state index >= 15 is 0 Å². The van der Waals surface area contributed by atoms with Crippen molar-refractivity contribution in [2.75, 3.05) is 50.6 Å². The van der Waals surface area contributed by atoms with Crippen LogP contribution in [0.4, 0.5) is 11.4 Å². The van der Waals surface area contributed by atoms with Crippen LogP contribution in [0.15, 0.2) is 53.0 Å². The molecule has 2 aromatic rings. The lowest BCUT2D eigenvalue weighted by Gasteiger charge is -2.34. The maximum Gasteiger partial charge on any atom is 0.262 e. The van der Waals surface area contributed by atoms with Crippen LogP contribution in [-0.4, -0.2) is 51.1 Å². The lowest BCUT2D eigenvalue weighted by molar-refractivity contribution is -0.112. The number of nitrogens with zero attached hydrogens (tertiary/aromatic N) is 2. The van der Waals surface area contributed by atoms with Gasteiger partial charge in [-0.2, -0.15) is 0 Å². The number of ether oxygens (including phenoxy) is 1. The molecule has 6 heteroatoms. The highest BCUT2D eigenvalue weighted by molar-refractivity contribution is 9.12. The third kappa shape index (κ3) is 5.11. The number of methoxy groups -OCH3 is 1. The van der Waals surface area contributed by atoms with Gasteiger partial charge in [0.1, 0.15) is 5.75 Å². The summed E-state index contributed by atoms with van der Waals surface area (Å²) in [6.07, 6.45) is 1.81. The first kappa shape index (κ1) is 19.5. The van der Waals surface area contributed by atoms with E-state index in [-0.39, 0.29) is 5.91 Å². The minimum Gasteiger partial charge on any atom is -0.495 e. The maximum atomic E-state index is 12.5. The second-order valence-electron chi connectivity index (χ2n) is 6.53. The zero-order valence-electron chi connectivity index (χ0n) is 15.6. The molecule has 0 saturated carbocycles. The van der Waals surface area contributed by atoms with Crippen molar-refractivity contribution in [1.82, 2.24) is 4.90 Å². The van der Waals surface area contributed by atoms with E-state index in [1.807, 2.05) is 48.5 Å². The normalized spacial score (nSPS) is 15.5. The van der Waals surface area contributed by atoms with E-state index < -0.39 is 0 Å². The van der Waals surface area contributed by atoms with E-state index in [9.17, 15) is 4.79 Å². The van der Waals surface area contributed by atoms with Crippen molar-refractivity contribution in [2.45, 2.75) is 0 Å². The molecule has 0 aromatic heterocycles. The maximum absolute atomic E-state index is 12.5. The molecule has 1 N–H and O–H groups in total. The largest absolute Gasteiger partial charge is 0.495 e. The Hall–Kier alpha value is -2.31. The Balaban J connectivity index is 1.76. The van der Waals surface area contributed by atoms with Gasteiger partial charge in [0, 0.05) is 31.9 Å². The van der Waals surface area contributed by atoms with Crippen LogP contribution in [0.2, 0.25) is 0 Å². The molecular formula is C21H24BrN3O2. The van der Waals surface area contributed by atoms with Crippen molar-refractivity contribution >= 4 is 39.3 Å². The van der Waals surface area contributed by atoms with Crippen molar-refractivity contribution in [3.63, 3.8) is 0 Å². The van der Waals surface area contributed by atoms with E-state index in [1.165, 1.54) is 0 Å². The van der Waals surface area contributed by atoms with Crippen LogP contribution in [0, 0.1) is 0 Å². The summed E-state index contributed by atoms with van der Waals surface area (Å²) in [6, 6.07) is 15.5. The van der Waals surface area contributed by atoms with Crippen molar-refractivity contribution in [3.05, 3.63) is 58.6 Å². The van der Waals surface area contributed by atoms with Crippen LogP contribution in [0.5, 0.6) is 5.75 Å². The fourth-order valence-corrected chi connectivity index (χ4v) is 3.38. The Bertz CT molecular complexity index is 815. The zero-order valence-corrected chi connectivity index (χ0v) is 17.2. The molecule has 0 radical (unpaired) electrons. The molecule has 0 spiro atoms. The molecule has 3 rings (SSSR count). The molecule has 27 heavy (non-hydrogen) atoms. The predicted octanol–water partition coefficient (Wildman–Crippen LogP) is 3.82. The number of halogens is 1. The Morgan fingerprint density at radius 3 is 2.48 bits per heavy atom. The first-order valence-electron chi connectivity index (χ1n) is 8.92. The molecule has 0 atom stereocenters. The Morgan fingerprint density at radius 2 is 1.81 bits per heavy atom. The average Bonchev–Trinajstić information content (AvgIpc) is 2.69. The molecule has 1 aliphatic heterocycles. The standard InChI is InChI=1S/C21H24BrN3O2/c1-24-10-12-25(13-11-24)19-15-17(8-9-20(19)27-2)23-21(26)18(22)14-16-6-4-3-5-7-16/h3-9,14-15H,10-13H2,1-2H3,(H,23,26). The van der Waals surface area contributed by atoms with Gasteiger partial charge in [-0.25, -0.2) is 0 Å². The number of rotatable bonds is 5. The minimum absolute atomic E-state index is 0.187. The van der Waals surface area contributed by atoms with E-state index in [0.29, 0.717) is 4.48 Å². The number of carbonyl (C=O) groups excluding carboxylic acids is 1. The van der Waals surface area contributed by atoms with Gasteiger partial charge in [-0.05, 0) is 52.8 Å². The highest BCUT2D eigenvalue weighted by Gasteiger charge is 2.18. The van der Waals surface area contributed by atoms with Gasteiger partial charge in [-0.15, -0.1) is 0 Å². The van der Waals surface area contributed by atoms with Gasteiger partial charge in [0.15, 0.2) is 0 Å². The first-order chi connectivity index (χ1) is 13.1. The van der Waals surface area contributed by atoms with Gasteiger partial charge in [-0.1, -0.05) is 30.3 Å². The molecule has 0 unspecified atom stereocenters. The van der Waals surface area contributed by atoms with Crippen LogP contribution in [-0.2, 0) is 4.79 Å². The van der Waals surface area contributed by atoms with Crippen molar-refractivity contribution < 1.29 is 9.53 Å². The monoisotopic (exact) mass is 429 g/mol. The Morgan fingerprint density at radius 1 is 1.11 bits per heavy atom. The van der Waals surface area contributed by atoms with Crippen LogP contribution in [0.25, 0.3) is 6.08 Å². The molecule has 0 aliphatic carbocycles. The number of amides is 1. The topological polar surface area (TPSA) is 44.8 Å². The summed E-state index contributed by atoms with van der Waals surface area (Å²) >= 11 is 3.38. The number of nitrogens with one attached hydrogen (secondary N) is 1. The van der Waals surface area contributed by atoms with Crippen LogP contribution in [0.1, 0.15) is 5.56 Å². The molecule has 1 saturated heterocycles. The van der Waals surface area contributed by atoms with Crippen molar-refractivity contribution in [2.24, 2.45) is 0 Å². The van der Waals surface area contributed by atoms with Crippen molar-refractivity contribution in [3.8, 4) is 5.75 Å². The van der Waals surface area contributed by atoms with Gasteiger partial charge in [0.05, 0.1) is 17.3 Å². The minimum atomic E-state index is -0.187. The van der Waals surface area contributed by atoms with Crippen LogP contribution < -0.4 is 15.0 Å². The highest BCUT2D eigenvalue weighted by Crippen LogP contribution is 2.32. The number of hydrogen-bond acceptors (Lipinski definition) is 4. The first-order valence-corrected chi connectivity index (χ1v) is 9.71. The SMILES string of the molecule is COc1ccc(NC(=O)C(Br)=Cc2ccccc2)cc1N1CCN(C)CC1. The lowest BCUT2D eigenvalue weighted by Crippen LogP contribution is -2.44. The summed E-state index contributed by atoms with van der Waals surface area (Å²) in [4.78, 5) is 17.1. The summed E-state index contributed by atoms with van der Waals surface area (Å²) in [6.45, 7) is 3.87. The molecule has 142 valence electrons. The molecule has 1 amide bonds. The van der Waals surface area contributed by atoms with Gasteiger partial charge < -0.3 is 19.9 Å². The second kappa shape index (κ2) is 9.06.